The van der Waals surface area contributed by atoms with Gasteiger partial charge in [0, 0.05) is 19.5 Å². The van der Waals surface area contributed by atoms with Gasteiger partial charge in [0.05, 0.1) is 17.9 Å². The molecule has 1 rings (SSSR count). The molecule has 1 aromatic heterocycles. The first-order chi connectivity index (χ1) is 8.97. The molecule has 1 heterocycles. The maximum absolute atomic E-state index is 12.0. The van der Waals surface area contributed by atoms with Crippen LogP contribution in [0.25, 0.3) is 0 Å². The number of halogens is 1. The van der Waals surface area contributed by atoms with Crippen molar-refractivity contribution in [3.8, 4) is 0 Å². The molecule has 0 aromatic carbocycles. The first-order valence-electron chi connectivity index (χ1n) is 6.25. The summed E-state index contributed by atoms with van der Waals surface area (Å²) < 4.78 is 1.84. The Morgan fingerprint density at radius 2 is 2.21 bits per heavy atom. The highest BCUT2D eigenvalue weighted by atomic mass is 79.9. The molecule has 0 fully saturated rings. The molecule has 1 aromatic rings. The smallest absolute Gasteiger partial charge is 0.283 e. The van der Waals surface area contributed by atoms with Crippen LogP contribution in [0.1, 0.15) is 33.2 Å². The van der Waals surface area contributed by atoms with E-state index < -0.39 is 0 Å². The molecular weight excluding hydrogens is 312 g/mol. The lowest BCUT2D eigenvalue weighted by atomic mass is 10.3. The van der Waals surface area contributed by atoms with Crippen LogP contribution in [0.15, 0.2) is 15.5 Å². The normalized spacial score (nSPS) is 10.6. The molecule has 0 saturated carbocycles. The molecule has 0 aliphatic rings. The lowest BCUT2D eigenvalue weighted by molar-refractivity contribution is -0.120. The van der Waals surface area contributed by atoms with Crippen LogP contribution in [0.4, 0.5) is 5.69 Å². The van der Waals surface area contributed by atoms with E-state index >= 15 is 0 Å². The number of rotatable bonds is 6. The van der Waals surface area contributed by atoms with E-state index in [4.69, 9.17) is 0 Å². The minimum Gasteiger partial charge on any atom is -0.382 e. The molecule has 7 heteroatoms. The molecule has 2 N–H and O–H groups in total. The zero-order valence-corrected chi connectivity index (χ0v) is 13.0. The van der Waals surface area contributed by atoms with Gasteiger partial charge in [0.25, 0.3) is 5.56 Å². The number of nitrogens with zero attached hydrogens (tertiary/aromatic N) is 2. The maximum Gasteiger partial charge on any atom is 0.283 e. The van der Waals surface area contributed by atoms with E-state index in [-0.39, 0.29) is 17.5 Å². The number of anilines is 1. The van der Waals surface area contributed by atoms with Crippen LogP contribution in [0.2, 0.25) is 0 Å². The van der Waals surface area contributed by atoms with Crippen LogP contribution < -0.4 is 16.2 Å². The lowest BCUT2D eigenvalue weighted by Gasteiger charge is -2.12. The highest BCUT2D eigenvalue weighted by Crippen LogP contribution is 2.16. The molecule has 6 nitrogen and oxygen atoms in total. The lowest BCUT2D eigenvalue weighted by Crippen LogP contribution is -2.27. The van der Waals surface area contributed by atoms with Crippen molar-refractivity contribution in [1.29, 1.82) is 0 Å². The number of carbonyl (C=O) groups excluding carboxylic acids is 1. The van der Waals surface area contributed by atoms with Crippen LogP contribution >= 0.6 is 15.9 Å². The van der Waals surface area contributed by atoms with Crippen molar-refractivity contribution in [3.05, 3.63) is 21.0 Å². The number of hydrogen-bond acceptors (Lipinski definition) is 4. The van der Waals surface area contributed by atoms with Gasteiger partial charge in [-0.2, -0.15) is 5.10 Å². The summed E-state index contributed by atoms with van der Waals surface area (Å²) in [6.45, 7) is 6.73. The van der Waals surface area contributed by atoms with E-state index in [1.165, 1.54) is 4.68 Å². The van der Waals surface area contributed by atoms with Crippen molar-refractivity contribution in [2.24, 2.45) is 0 Å². The molecule has 0 atom stereocenters. The second-order valence-electron chi connectivity index (χ2n) is 4.35. The Morgan fingerprint density at radius 3 is 2.79 bits per heavy atom. The van der Waals surface area contributed by atoms with Crippen molar-refractivity contribution in [2.75, 3.05) is 18.4 Å². The summed E-state index contributed by atoms with van der Waals surface area (Å²) in [7, 11) is 0. The largest absolute Gasteiger partial charge is 0.382 e. The van der Waals surface area contributed by atoms with E-state index in [1.54, 1.807) is 6.20 Å². The fraction of sp³-hybridized carbons (Fsp3) is 0.583. The Kier molecular flexibility index (Phi) is 6.01. The molecule has 0 saturated heterocycles. The summed E-state index contributed by atoms with van der Waals surface area (Å²) in [5, 5.41) is 9.82. The molecule has 19 heavy (non-hydrogen) atoms. The molecule has 0 bridgehead atoms. The Balaban J connectivity index is 2.68. The zero-order chi connectivity index (χ0) is 14.4. The number of carbonyl (C=O) groups is 1. The first kappa shape index (κ1) is 15.7. The second-order valence-corrected chi connectivity index (χ2v) is 5.14. The summed E-state index contributed by atoms with van der Waals surface area (Å²) >= 11 is 3.26. The molecule has 0 spiro atoms. The van der Waals surface area contributed by atoms with Crippen molar-refractivity contribution in [3.63, 3.8) is 0 Å². The molecular formula is C12H19BrN4O2. The van der Waals surface area contributed by atoms with Crippen molar-refractivity contribution in [1.82, 2.24) is 15.1 Å². The quantitative estimate of drug-likeness (QED) is 0.829. The van der Waals surface area contributed by atoms with Crippen molar-refractivity contribution < 1.29 is 4.79 Å². The van der Waals surface area contributed by atoms with E-state index in [0.29, 0.717) is 29.7 Å². The number of aromatic nitrogens is 2. The van der Waals surface area contributed by atoms with Gasteiger partial charge in [0.15, 0.2) is 0 Å². The van der Waals surface area contributed by atoms with Gasteiger partial charge in [0.2, 0.25) is 5.91 Å². The third kappa shape index (κ3) is 4.34. The topological polar surface area (TPSA) is 76.0 Å². The van der Waals surface area contributed by atoms with E-state index in [2.05, 4.69) is 31.7 Å². The van der Waals surface area contributed by atoms with Gasteiger partial charge in [-0.15, -0.1) is 0 Å². The predicted molar refractivity (Wildman–Crippen MR) is 78.4 cm³/mol. The minimum atomic E-state index is -0.182. The molecule has 106 valence electrons. The maximum atomic E-state index is 12.0. The first-order valence-corrected chi connectivity index (χ1v) is 7.04. The standard InChI is InChI=1S/C12H19BrN4O2/c1-4-14-10(18)5-6-15-9-7-16-17(8(2)3)12(19)11(9)13/h7-8,15H,4-6H2,1-3H3,(H,14,18). The van der Waals surface area contributed by atoms with Gasteiger partial charge in [-0.05, 0) is 36.7 Å². The van der Waals surface area contributed by atoms with Crippen LogP contribution in [-0.4, -0.2) is 28.8 Å². The highest BCUT2D eigenvalue weighted by Gasteiger charge is 2.10. The van der Waals surface area contributed by atoms with Gasteiger partial charge in [-0.25, -0.2) is 4.68 Å². The van der Waals surface area contributed by atoms with Gasteiger partial charge in [0.1, 0.15) is 4.47 Å². The molecule has 0 aliphatic heterocycles. The zero-order valence-electron chi connectivity index (χ0n) is 11.4. The van der Waals surface area contributed by atoms with Crippen molar-refractivity contribution >= 4 is 27.5 Å². The van der Waals surface area contributed by atoms with Gasteiger partial charge in [-0.3, -0.25) is 9.59 Å². The Hall–Kier alpha value is -1.37. The Labute approximate surface area is 120 Å². The summed E-state index contributed by atoms with van der Waals surface area (Å²) in [4.78, 5) is 23.2. The minimum absolute atomic E-state index is 0.00758. The Morgan fingerprint density at radius 1 is 1.53 bits per heavy atom. The monoisotopic (exact) mass is 330 g/mol. The van der Waals surface area contributed by atoms with Gasteiger partial charge >= 0.3 is 0 Å². The van der Waals surface area contributed by atoms with Crippen LogP contribution in [-0.2, 0) is 4.79 Å². The highest BCUT2D eigenvalue weighted by molar-refractivity contribution is 9.10. The van der Waals surface area contributed by atoms with E-state index in [0.717, 1.165) is 0 Å². The predicted octanol–water partition coefficient (Wildman–Crippen LogP) is 1.52. The van der Waals surface area contributed by atoms with Crippen LogP contribution in [0, 0.1) is 0 Å². The number of hydrogen-bond donors (Lipinski definition) is 2. The fourth-order valence-electron chi connectivity index (χ4n) is 1.53. The van der Waals surface area contributed by atoms with Crippen LogP contribution in [0.3, 0.4) is 0 Å². The van der Waals surface area contributed by atoms with Crippen LogP contribution in [0.5, 0.6) is 0 Å². The molecule has 1 amide bonds. The van der Waals surface area contributed by atoms with E-state index in [9.17, 15) is 9.59 Å². The summed E-state index contributed by atoms with van der Waals surface area (Å²) in [5.41, 5.74) is 0.421. The second kappa shape index (κ2) is 7.28. The number of amides is 1. The summed E-state index contributed by atoms with van der Waals surface area (Å²) in [6, 6.07) is 0.00758. The molecule has 0 radical (unpaired) electrons. The molecule has 0 unspecified atom stereocenters. The van der Waals surface area contributed by atoms with Crippen molar-refractivity contribution in [2.45, 2.75) is 33.2 Å². The summed E-state index contributed by atoms with van der Waals surface area (Å²) in [5.74, 6) is -0.0189. The average Bonchev–Trinajstić information content (AvgIpc) is 2.34. The Bertz CT molecular complexity index is 499. The molecule has 0 aliphatic carbocycles. The van der Waals surface area contributed by atoms with E-state index in [1.807, 2.05) is 20.8 Å². The number of nitrogens with one attached hydrogen (secondary N) is 2. The summed E-state index contributed by atoms with van der Waals surface area (Å²) in [6.07, 6.45) is 1.94. The fourth-order valence-corrected chi connectivity index (χ4v) is 1.96. The van der Waals surface area contributed by atoms with Gasteiger partial charge in [-0.1, -0.05) is 0 Å². The SMILES string of the molecule is CCNC(=O)CCNc1cnn(C(C)C)c(=O)c1Br. The third-order valence-corrected chi connectivity index (χ3v) is 3.24. The third-order valence-electron chi connectivity index (χ3n) is 2.47. The van der Waals surface area contributed by atoms with Gasteiger partial charge < -0.3 is 10.6 Å². The average molecular weight is 331 g/mol.